The summed E-state index contributed by atoms with van der Waals surface area (Å²) in [4.78, 5) is 25.8. The molecule has 0 bridgehead atoms. The summed E-state index contributed by atoms with van der Waals surface area (Å²) in [6.45, 7) is 4.48. The molecule has 1 aliphatic heterocycles. The zero-order valence-corrected chi connectivity index (χ0v) is 12.0. The van der Waals surface area contributed by atoms with Gasteiger partial charge >= 0.3 is 5.97 Å². The van der Waals surface area contributed by atoms with Crippen LogP contribution in [-0.4, -0.2) is 60.5 Å². The van der Waals surface area contributed by atoms with Crippen molar-refractivity contribution in [3.8, 4) is 0 Å². The average Bonchev–Trinajstić information content (AvgIpc) is 2.49. The largest absolute Gasteiger partial charge is 0.468 e. The molecule has 7 nitrogen and oxygen atoms in total. The van der Waals surface area contributed by atoms with Crippen LogP contribution in [0.25, 0.3) is 0 Å². The summed E-state index contributed by atoms with van der Waals surface area (Å²) in [5, 5.41) is 10.6. The number of esters is 1. The topological polar surface area (TPSA) is 75.9 Å². The molecular formula is C14H19N3O4. The van der Waals surface area contributed by atoms with Crippen LogP contribution < -0.4 is 0 Å². The fourth-order valence-electron chi connectivity index (χ4n) is 2.33. The van der Waals surface area contributed by atoms with Crippen LogP contribution in [0, 0.1) is 10.1 Å². The molecule has 0 saturated carbocycles. The lowest BCUT2D eigenvalue weighted by atomic mass is 10.2. The van der Waals surface area contributed by atoms with E-state index >= 15 is 0 Å². The van der Waals surface area contributed by atoms with Crippen molar-refractivity contribution in [1.29, 1.82) is 0 Å². The fraction of sp³-hybridized carbons (Fsp3) is 0.500. The molecule has 0 N–H and O–H groups in total. The number of nitro benzene ring substituents is 1. The first kappa shape index (κ1) is 15.4. The number of hydrogen-bond acceptors (Lipinski definition) is 6. The van der Waals surface area contributed by atoms with Crippen molar-refractivity contribution in [3.63, 3.8) is 0 Å². The highest BCUT2D eigenvalue weighted by atomic mass is 16.6. The summed E-state index contributed by atoms with van der Waals surface area (Å²) in [5.41, 5.74) is 1.17. The minimum Gasteiger partial charge on any atom is -0.468 e. The van der Waals surface area contributed by atoms with Gasteiger partial charge in [-0.25, -0.2) is 0 Å². The normalized spacial score (nSPS) is 16.6. The van der Waals surface area contributed by atoms with Gasteiger partial charge in [0.05, 0.1) is 18.6 Å². The summed E-state index contributed by atoms with van der Waals surface area (Å²) >= 11 is 0. The predicted octanol–water partition coefficient (Wildman–Crippen LogP) is 0.885. The smallest absolute Gasteiger partial charge is 0.319 e. The number of hydrogen-bond donors (Lipinski definition) is 0. The predicted molar refractivity (Wildman–Crippen MR) is 76.8 cm³/mol. The van der Waals surface area contributed by atoms with E-state index in [1.54, 1.807) is 12.1 Å². The number of ether oxygens (including phenoxy) is 1. The van der Waals surface area contributed by atoms with Gasteiger partial charge in [-0.2, -0.15) is 0 Å². The Hall–Kier alpha value is -1.99. The molecule has 1 aliphatic rings. The number of nitrogens with zero attached hydrogens (tertiary/aromatic N) is 3. The second kappa shape index (κ2) is 7.14. The van der Waals surface area contributed by atoms with E-state index in [9.17, 15) is 14.9 Å². The average molecular weight is 293 g/mol. The van der Waals surface area contributed by atoms with Crippen molar-refractivity contribution >= 4 is 11.7 Å². The van der Waals surface area contributed by atoms with Gasteiger partial charge in [0, 0.05) is 44.9 Å². The zero-order chi connectivity index (χ0) is 15.2. The Morgan fingerprint density at radius 3 is 2.29 bits per heavy atom. The molecule has 1 fully saturated rings. The molecule has 0 aliphatic carbocycles. The van der Waals surface area contributed by atoms with Crippen molar-refractivity contribution in [2.45, 2.75) is 6.54 Å². The number of benzene rings is 1. The summed E-state index contributed by atoms with van der Waals surface area (Å²) in [6, 6.07) is 6.64. The second-order valence-corrected chi connectivity index (χ2v) is 5.05. The Bertz CT molecular complexity index is 495. The summed E-state index contributed by atoms with van der Waals surface area (Å²) < 4.78 is 4.66. The Morgan fingerprint density at radius 1 is 1.19 bits per heavy atom. The summed E-state index contributed by atoms with van der Waals surface area (Å²) in [5.74, 6) is -0.209. The van der Waals surface area contributed by atoms with E-state index in [0.717, 1.165) is 38.3 Å². The number of carbonyl (C=O) groups is 1. The van der Waals surface area contributed by atoms with E-state index in [2.05, 4.69) is 14.5 Å². The molecule has 0 aromatic heterocycles. The SMILES string of the molecule is COC(=O)CN1CCN(Cc2ccc([N+](=O)[O-])cc2)CC1. The number of nitro groups is 1. The van der Waals surface area contributed by atoms with Gasteiger partial charge in [0.15, 0.2) is 0 Å². The lowest BCUT2D eigenvalue weighted by Gasteiger charge is -2.33. The van der Waals surface area contributed by atoms with Crippen LogP contribution in [0.1, 0.15) is 5.56 Å². The highest BCUT2D eigenvalue weighted by Crippen LogP contribution is 2.14. The zero-order valence-electron chi connectivity index (χ0n) is 12.0. The Labute approximate surface area is 123 Å². The van der Waals surface area contributed by atoms with E-state index in [1.807, 2.05) is 0 Å². The second-order valence-electron chi connectivity index (χ2n) is 5.05. The first-order valence-electron chi connectivity index (χ1n) is 6.83. The van der Waals surface area contributed by atoms with Gasteiger partial charge in [-0.05, 0) is 5.56 Å². The van der Waals surface area contributed by atoms with Crippen LogP contribution in [0.5, 0.6) is 0 Å². The van der Waals surface area contributed by atoms with Crippen molar-refractivity contribution in [1.82, 2.24) is 9.80 Å². The molecular weight excluding hydrogens is 274 g/mol. The first-order valence-corrected chi connectivity index (χ1v) is 6.83. The first-order chi connectivity index (χ1) is 10.1. The third-order valence-electron chi connectivity index (χ3n) is 3.60. The molecule has 114 valence electrons. The fourth-order valence-corrected chi connectivity index (χ4v) is 2.33. The number of carbonyl (C=O) groups excluding carboxylic acids is 1. The number of non-ortho nitro benzene ring substituents is 1. The summed E-state index contributed by atoms with van der Waals surface area (Å²) in [7, 11) is 1.40. The highest BCUT2D eigenvalue weighted by molar-refractivity contribution is 5.71. The Morgan fingerprint density at radius 2 is 1.76 bits per heavy atom. The standard InChI is InChI=1S/C14H19N3O4/c1-21-14(18)11-16-8-6-15(7-9-16)10-12-2-4-13(5-3-12)17(19)20/h2-5H,6-11H2,1H3. The van der Waals surface area contributed by atoms with Gasteiger partial charge in [0.25, 0.3) is 5.69 Å². The molecule has 0 radical (unpaired) electrons. The van der Waals surface area contributed by atoms with Gasteiger partial charge in [0.2, 0.25) is 0 Å². The molecule has 0 unspecified atom stereocenters. The van der Waals surface area contributed by atoms with Gasteiger partial charge in [-0.15, -0.1) is 0 Å². The summed E-state index contributed by atoms with van der Waals surface area (Å²) in [6.07, 6.45) is 0. The molecule has 1 heterocycles. The minimum absolute atomic E-state index is 0.113. The molecule has 1 aromatic rings. The highest BCUT2D eigenvalue weighted by Gasteiger charge is 2.19. The Balaban J connectivity index is 1.80. The van der Waals surface area contributed by atoms with Crippen LogP contribution in [0.3, 0.4) is 0 Å². The van der Waals surface area contributed by atoms with E-state index < -0.39 is 4.92 Å². The molecule has 7 heteroatoms. The van der Waals surface area contributed by atoms with Crippen LogP contribution in [0.2, 0.25) is 0 Å². The lowest BCUT2D eigenvalue weighted by molar-refractivity contribution is -0.384. The van der Waals surface area contributed by atoms with E-state index in [4.69, 9.17) is 0 Å². The molecule has 21 heavy (non-hydrogen) atoms. The molecule has 0 atom stereocenters. The molecule has 0 amide bonds. The van der Waals surface area contributed by atoms with E-state index in [0.29, 0.717) is 6.54 Å². The quantitative estimate of drug-likeness (QED) is 0.456. The van der Waals surface area contributed by atoms with Gasteiger partial charge < -0.3 is 4.74 Å². The minimum atomic E-state index is -0.393. The molecule has 1 aromatic carbocycles. The third kappa shape index (κ3) is 4.51. The van der Waals surface area contributed by atoms with Crippen molar-refractivity contribution < 1.29 is 14.5 Å². The Kier molecular flexibility index (Phi) is 5.24. The van der Waals surface area contributed by atoms with Crippen molar-refractivity contribution in [3.05, 3.63) is 39.9 Å². The monoisotopic (exact) mass is 293 g/mol. The molecule has 1 saturated heterocycles. The third-order valence-corrected chi connectivity index (χ3v) is 3.60. The maximum absolute atomic E-state index is 11.2. The van der Waals surface area contributed by atoms with Gasteiger partial charge in [0.1, 0.15) is 0 Å². The van der Waals surface area contributed by atoms with Gasteiger partial charge in [-0.3, -0.25) is 24.7 Å². The van der Waals surface area contributed by atoms with Crippen LogP contribution >= 0.6 is 0 Å². The molecule has 2 rings (SSSR count). The van der Waals surface area contributed by atoms with Crippen molar-refractivity contribution in [2.75, 3.05) is 39.8 Å². The van der Waals surface area contributed by atoms with Gasteiger partial charge in [-0.1, -0.05) is 12.1 Å². The van der Waals surface area contributed by atoms with Crippen LogP contribution in [0.4, 0.5) is 5.69 Å². The van der Waals surface area contributed by atoms with Crippen LogP contribution in [-0.2, 0) is 16.1 Å². The maximum Gasteiger partial charge on any atom is 0.319 e. The maximum atomic E-state index is 11.2. The number of methoxy groups -OCH3 is 1. The van der Waals surface area contributed by atoms with E-state index in [1.165, 1.54) is 19.2 Å². The lowest BCUT2D eigenvalue weighted by Crippen LogP contribution is -2.47. The number of rotatable bonds is 5. The van der Waals surface area contributed by atoms with Crippen molar-refractivity contribution in [2.24, 2.45) is 0 Å². The van der Waals surface area contributed by atoms with E-state index in [-0.39, 0.29) is 11.7 Å². The van der Waals surface area contributed by atoms with Crippen LogP contribution in [0.15, 0.2) is 24.3 Å². The molecule has 0 spiro atoms. The number of piperazine rings is 1.